The molecule has 0 saturated heterocycles. The zero-order valence-electron chi connectivity index (χ0n) is 8.04. The number of nitro groups is 1. The van der Waals surface area contributed by atoms with Crippen molar-refractivity contribution in [1.82, 2.24) is 0 Å². The van der Waals surface area contributed by atoms with Gasteiger partial charge in [0.2, 0.25) is 0 Å². The SMILES string of the molecule is CC(C)=NN(c1ccccc1)[N+](=O)[O-]. The fourth-order valence-corrected chi connectivity index (χ4v) is 0.939. The van der Waals surface area contributed by atoms with E-state index in [9.17, 15) is 10.1 Å². The van der Waals surface area contributed by atoms with E-state index in [0.29, 0.717) is 11.4 Å². The van der Waals surface area contributed by atoms with Crippen molar-refractivity contribution in [2.45, 2.75) is 13.8 Å². The number of hydrogen-bond acceptors (Lipinski definition) is 3. The second kappa shape index (κ2) is 4.36. The first kappa shape index (κ1) is 10.2. The smallest absolute Gasteiger partial charge is 0.149 e. The minimum Gasteiger partial charge on any atom is -0.339 e. The summed E-state index contributed by atoms with van der Waals surface area (Å²) in [5, 5.41) is 14.7. The van der Waals surface area contributed by atoms with Gasteiger partial charge in [0.15, 0.2) is 0 Å². The van der Waals surface area contributed by atoms with Gasteiger partial charge < -0.3 is 10.1 Å². The van der Waals surface area contributed by atoms with Crippen LogP contribution in [0.5, 0.6) is 0 Å². The van der Waals surface area contributed by atoms with E-state index >= 15 is 0 Å². The molecule has 0 aliphatic carbocycles. The first-order valence-corrected chi connectivity index (χ1v) is 4.12. The number of nitrogens with zero attached hydrogens (tertiary/aromatic N) is 3. The van der Waals surface area contributed by atoms with Crippen molar-refractivity contribution >= 4 is 11.4 Å². The molecule has 0 spiro atoms. The van der Waals surface area contributed by atoms with E-state index < -0.39 is 5.03 Å². The van der Waals surface area contributed by atoms with Gasteiger partial charge in [-0.15, -0.1) is 0 Å². The standard InChI is InChI=1S/C9H11N3O2/c1-8(2)10-11(12(13)14)9-6-4-3-5-7-9/h3-7H,1-2H3. The van der Waals surface area contributed by atoms with Crippen LogP contribution in [0.1, 0.15) is 13.8 Å². The molecule has 0 fully saturated rings. The lowest BCUT2D eigenvalue weighted by Crippen LogP contribution is -2.24. The van der Waals surface area contributed by atoms with Gasteiger partial charge >= 0.3 is 0 Å². The van der Waals surface area contributed by atoms with Crippen molar-refractivity contribution in [2.24, 2.45) is 5.10 Å². The number of para-hydroxylation sites is 1. The lowest BCUT2D eigenvalue weighted by molar-refractivity contribution is -0.495. The van der Waals surface area contributed by atoms with E-state index in [1.807, 2.05) is 0 Å². The second-order valence-corrected chi connectivity index (χ2v) is 2.91. The van der Waals surface area contributed by atoms with Crippen molar-refractivity contribution in [3.05, 3.63) is 40.4 Å². The van der Waals surface area contributed by atoms with Gasteiger partial charge in [0.05, 0.1) is 5.03 Å². The van der Waals surface area contributed by atoms with Crippen LogP contribution in [-0.2, 0) is 0 Å². The van der Waals surface area contributed by atoms with Crippen molar-refractivity contribution in [2.75, 3.05) is 5.12 Å². The molecule has 0 aliphatic heterocycles. The number of anilines is 1. The van der Waals surface area contributed by atoms with Crippen LogP contribution in [0.25, 0.3) is 0 Å². The van der Waals surface area contributed by atoms with Crippen LogP contribution in [0.4, 0.5) is 5.69 Å². The Hall–Kier alpha value is -1.91. The lowest BCUT2D eigenvalue weighted by atomic mass is 10.3. The summed E-state index contributed by atoms with van der Waals surface area (Å²) < 4.78 is 0. The fraction of sp³-hybridized carbons (Fsp3) is 0.222. The average Bonchev–Trinajstić information content (AvgIpc) is 2.15. The molecule has 14 heavy (non-hydrogen) atoms. The van der Waals surface area contributed by atoms with E-state index in [-0.39, 0.29) is 0 Å². The van der Waals surface area contributed by atoms with E-state index in [1.54, 1.807) is 44.2 Å². The zero-order valence-corrected chi connectivity index (χ0v) is 8.04. The minimum atomic E-state index is -0.553. The average molecular weight is 193 g/mol. The Morgan fingerprint density at radius 2 is 1.93 bits per heavy atom. The van der Waals surface area contributed by atoms with E-state index in [1.165, 1.54) is 0 Å². The first-order chi connectivity index (χ1) is 6.61. The molecule has 74 valence electrons. The van der Waals surface area contributed by atoms with Gasteiger partial charge in [-0.3, -0.25) is 0 Å². The molecule has 5 heteroatoms. The maximum atomic E-state index is 10.7. The molecule has 0 bridgehead atoms. The summed E-state index contributed by atoms with van der Waals surface area (Å²) in [7, 11) is 0. The molecule has 1 aromatic rings. The van der Waals surface area contributed by atoms with Crippen molar-refractivity contribution in [3.63, 3.8) is 0 Å². The lowest BCUT2D eigenvalue weighted by Gasteiger charge is -2.08. The summed E-state index contributed by atoms with van der Waals surface area (Å²) in [6.07, 6.45) is 0. The van der Waals surface area contributed by atoms with Gasteiger partial charge in [-0.05, 0) is 12.1 Å². The summed E-state index contributed by atoms with van der Waals surface area (Å²) in [5.41, 5.74) is 1.07. The van der Waals surface area contributed by atoms with Gasteiger partial charge in [-0.1, -0.05) is 18.2 Å². The van der Waals surface area contributed by atoms with Crippen LogP contribution in [0, 0.1) is 10.1 Å². The largest absolute Gasteiger partial charge is 0.339 e. The molecule has 0 heterocycles. The Labute approximate surface area is 81.8 Å². The second-order valence-electron chi connectivity index (χ2n) is 2.91. The number of hydrazone groups is 1. The van der Waals surface area contributed by atoms with Crippen molar-refractivity contribution in [3.8, 4) is 0 Å². The quantitative estimate of drug-likeness (QED) is 0.419. The summed E-state index contributed by atoms with van der Waals surface area (Å²) in [6.45, 7) is 3.42. The van der Waals surface area contributed by atoms with Crippen molar-refractivity contribution in [1.29, 1.82) is 0 Å². The van der Waals surface area contributed by atoms with Gasteiger partial charge in [0, 0.05) is 24.1 Å². The Morgan fingerprint density at radius 1 is 1.36 bits per heavy atom. The van der Waals surface area contributed by atoms with Crippen LogP contribution in [0.15, 0.2) is 35.4 Å². The molecule has 0 aromatic heterocycles. The van der Waals surface area contributed by atoms with Gasteiger partial charge in [0.25, 0.3) is 0 Å². The third-order valence-corrected chi connectivity index (χ3v) is 1.44. The maximum absolute atomic E-state index is 10.7. The number of rotatable bonds is 3. The Balaban J connectivity index is 3.01. The Bertz CT molecular complexity index is 344. The van der Waals surface area contributed by atoms with Gasteiger partial charge in [0.1, 0.15) is 11.4 Å². The summed E-state index contributed by atoms with van der Waals surface area (Å²) in [5.74, 6) is 0. The van der Waals surface area contributed by atoms with E-state index in [4.69, 9.17) is 0 Å². The molecule has 1 rings (SSSR count). The molecule has 0 atom stereocenters. The molecular weight excluding hydrogens is 182 g/mol. The molecule has 0 N–H and O–H groups in total. The number of hydrazine groups is 1. The van der Waals surface area contributed by atoms with Crippen LogP contribution in [0.2, 0.25) is 0 Å². The molecule has 1 aromatic carbocycles. The van der Waals surface area contributed by atoms with Crippen molar-refractivity contribution < 1.29 is 5.03 Å². The molecular formula is C9H11N3O2. The summed E-state index contributed by atoms with van der Waals surface area (Å²) >= 11 is 0. The number of hydrogen-bond donors (Lipinski definition) is 0. The molecule has 0 radical (unpaired) electrons. The third-order valence-electron chi connectivity index (χ3n) is 1.44. The maximum Gasteiger partial charge on any atom is 0.149 e. The number of benzene rings is 1. The fourth-order valence-electron chi connectivity index (χ4n) is 0.939. The van der Waals surface area contributed by atoms with Crippen LogP contribution < -0.4 is 5.12 Å². The zero-order chi connectivity index (χ0) is 10.6. The summed E-state index contributed by atoms with van der Waals surface area (Å²) in [6, 6.07) is 8.52. The predicted octanol–water partition coefficient (Wildman–Crippen LogP) is 2.08. The summed E-state index contributed by atoms with van der Waals surface area (Å²) in [4.78, 5) is 10.7. The van der Waals surface area contributed by atoms with Crippen LogP contribution in [0.3, 0.4) is 0 Å². The molecule has 0 unspecified atom stereocenters. The van der Waals surface area contributed by atoms with Crippen LogP contribution >= 0.6 is 0 Å². The highest BCUT2D eigenvalue weighted by atomic mass is 16.7. The van der Waals surface area contributed by atoms with Gasteiger partial charge in [-0.25, -0.2) is 0 Å². The predicted molar refractivity (Wildman–Crippen MR) is 54.7 cm³/mol. The normalized spacial score (nSPS) is 9.29. The monoisotopic (exact) mass is 193 g/mol. The Morgan fingerprint density at radius 3 is 2.36 bits per heavy atom. The molecule has 0 amide bonds. The molecule has 5 nitrogen and oxygen atoms in total. The van der Waals surface area contributed by atoms with E-state index in [2.05, 4.69) is 5.10 Å². The van der Waals surface area contributed by atoms with E-state index in [0.717, 1.165) is 5.12 Å². The highest BCUT2D eigenvalue weighted by molar-refractivity contribution is 5.79. The Kier molecular flexibility index (Phi) is 3.17. The van der Waals surface area contributed by atoms with Gasteiger partial charge in [-0.2, -0.15) is 0 Å². The topological polar surface area (TPSA) is 58.7 Å². The van der Waals surface area contributed by atoms with Crippen LogP contribution in [-0.4, -0.2) is 10.7 Å². The highest BCUT2D eigenvalue weighted by Crippen LogP contribution is 2.13. The third kappa shape index (κ3) is 2.55. The first-order valence-electron chi connectivity index (χ1n) is 4.12. The highest BCUT2D eigenvalue weighted by Gasteiger charge is 2.14. The molecule has 0 aliphatic rings. The minimum absolute atomic E-state index is 0.443. The molecule has 0 saturated carbocycles.